The number of nitrogens with zero attached hydrogens (tertiary/aromatic N) is 4. The van der Waals surface area contributed by atoms with E-state index in [9.17, 15) is 0 Å². The molecule has 3 rings (SSSR count). The quantitative estimate of drug-likeness (QED) is 0.916. The molecule has 1 aliphatic rings. The fourth-order valence-corrected chi connectivity index (χ4v) is 2.90. The van der Waals surface area contributed by atoms with E-state index in [0.29, 0.717) is 11.9 Å². The number of nitrogens with two attached hydrogens (primary N) is 1. The third-order valence-corrected chi connectivity index (χ3v) is 4.50. The van der Waals surface area contributed by atoms with Crippen LogP contribution in [0.1, 0.15) is 18.9 Å². The van der Waals surface area contributed by atoms with Crippen LogP contribution in [0.3, 0.4) is 0 Å². The maximum atomic E-state index is 5.72. The second-order valence-corrected chi connectivity index (χ2v) is 6.19. The van der Waals surface area contributed by atoms with Crippen LogP contribution in [0.2, 0.25) is 0 Å². The van der Waals surface area contributed by atoms with Crippen molar-refractivity contribution in [1.29, 1.82) is 0 Å². The summed E-state index contributed by atoms with van der Waals surface area (Å²) >= 11 is 3.41. The molecule has 106 valence electrons. The van der Waals surface area contributed by atoms with Crippen LogP contribution in [-0.2, 0) is 0 Å². The highest BCUT2D eigenvalue weighted by Gasteiger charge is 2.19. The maximum Gasteiger partial charge on any atom is 0.137 e. The van der Waals surface area contributed by atoms with Crippen molar-refractivity contribution in [2.45, 2.75) is 18.9 Å². The van der Waals surface area contributed by atoms with Gasteiger partial charge in [0.2, 0.25) is 0 Å². The smallest absolute Gasteiger partial charge is 0.137 e. The average molecular weight is 336 g/mol. The van der Waals surface area contributed by atoms with Crippen LogP contribution < -0.4 is 5.73 Å². The van der Waals surface area contributed by atoms with Gasteiger partial charge in [0.1, 0.15) is 5.82 Å². The minimum absolute atomic E-state index is 0.505. The van der Waals surface area contributed by atoms with E-state index in [1.54, 1.807) is 6.20 Å². The third kappa shape index (κ3) is 2.71. The first-order valence-electron chi connectivity index (χ1n) is 6.77. The first-order chi connectivity index (χ1) is 9.63. The van der Waals surface area contributed by atoms with Crippen molar-refractivity contribution < 1.29 is 0 Å². The van der Waals surface area contributed by atoms with Crippen molar-refractivity contribution >= 4 is 21.7 Å². The molecule has 0 spiro atoms. The van der Waals surface area contributed by atoms with Crippen LogP contribution in [0.15, 0.2) is 29.1 Å². The van der Waals surface area contributed by atoms with Gasteiger partial charge in [0, 0.05) is 23.5 Å². The predicted molar refractivity (Wildman–Crippen MR) is 83.3 cm³/mol. The molecule has 0 amide bonds. The summed E-state index contributed by atoms with van der Waals surface area (Å²) in [5.74, 6) is 0.511. The summed E-state index contributed by atoms with van der Waals surface area (Å²) in [6.45, 7) is 2.27. The van der Waals surface area contributed by atoms with Crippen molar-refractivity contribution in [2.75, 3.05) is 25.9 Å². The highest BCUT2D eigenvalue weighted by atomic mass is 79.9. The first kappa shape index (κ1) is 13.6. The van der Waals surface area contributed by atoms with Crippen molar-refractivity contribution in [3.05, 3.63) is 29.1 Å². The lowest BCUT2D eigenvalue weighted by molar-refractivity contribution is 0.212. The Kier molecular flexibility index (Phi) is 3.76. The molecule has 0 unspecified atom stereocenters. The Morgan fingerprint density at radius 2 is 2.00 bits per heavy atom. The van der Waals surface area contributed by atoms with Crippen molar-refractivity contribution in [1.82, 2.24) is 19.7 Å². The van der Waals surface area contributed by atoms with Crippen molar-refractivity contribution in [3.63, 3.8) is 0 Å². The molecule has 0 aromatic carbocycles. The number of aromatic nitrogens is 3. The molecule has 0 aliphatic carbocycles. The van der Waals surface area contributed by atoms with Gasteiger partial charge in [0.05, 0.1) is 16.7 Å². The molecule has 0 radical (unpaired) electrons. The predicted octanol–water partition coefficient (Wildman–Crippen LogP) is 2.56. The van der Waals surface area contributed by atoms with Gasteiger partial charge >= 0.3 is 0 Å². The Morgan fingerprint density at radius 1 is 1.25 bits per heavy atom. The average Bonchev–Trinajstić information content (AvgIpc) is 2.92. The molecule has 1 fully saturated rings. The summed E-state index contributed by atoms with van der Waals surface area (Å²) in [4.78, 5) is 6.54. The second-order valence-electron chi connectivity index (χ2n) is 5.33. The summed E-state index contributed by atoms with van der Waals surface area (Å²) in [6.07, 6.45) is 8.10. The summed E-state index contributed by atoms with van der Waals surface area (Å²) in [6, 6.07) is 2.49. The Labute approximate surface area is 126 Å². The van der Waals surface area contributed by atoms with Crippen LogP contribution >= 0.6 is 15.9 Å². The third-order valence-electron chi connectivity index (χ3n) is 3.87. The maximum absolute atomic E-state index is 5.72. The van der Waals surface area contributed by atoms with Crippen LogP contribution in [0.25, 0.3) is 11.1 Å². The topological polar surface area (TPSA) is 60.0 Å². The van der Waals surface area contributed by atoms with Gasteiger partial charge in [-0.05, 0) is 55.0 Å². The number of rotatable bonds is 2. The van der Waals surface area contributed by atoms with E-state index >= 15 is 0 Å². The number of piperidine rings is 1. The van der Waals surface area contributed by atoms with E-state index in [4.69, 9.17) is 5.73 Å². The van der Waals surface area contributed by atoms with Gasteiger partial charge in [0.15, 0.2) is 0 Å². The Bertz CT molecular complexity index is 601. The van der Waals surface area contributed by atoms with E-state index < -0.39 is 0 Å². The van der Waals surface area contributed by atoms with E-state index in [0.717, 1.165) is 41.5 Å². The molecular weight excluding hydrogens is 318 g/mol. The molecule has 0 saturated carbocycles. The summed E-state index contributed by atoms with van der Waals surface area (Å²) in [7, 11) is 2.17. The number of hydrogen-bond donors (Lipinski definition) is 1. The normalized spacial score (nSPS) is 17.5. The number of anilines is 1. The Balaban J connectivity index is 1.81. The van der Waals surface area contributed by atoms with Crippen molar-refractivity contribution in [2.24, 2.45) is 0 Å². The molecule has 2 aromatic heterocycles. The highest BCUT2D eigenvalue weighted by Crippen LogP contribution is 2.27. The summed E-state index contributed by atoms with van der Waals surface area (Å²) < 4.78 is 2.91. The van der Waals surface area contributed by atoms with E-state index in [1.807, 2.05) is 12.3 Å². The zero-order valence-corrected chi connectivity index (χ0v) is 13.0. The van der Waals surface area contributed by atoms with Gasteiger partial charge in [-0.1, -0.05) is 0 Å². The molecule has 6 heteroatoms. The Morgan fingerprint density at radius 3 is 2.70 bits per heavy atom. The molecule has 0 bridgehead atoms. The highest BCUT2D eigenvalue weighted by molar-refractivity contribution is 9.10. The Hall–Kier alpha value is -1.40. The van der Waals surface area contributed by atoms with Gasteiger partial charge in [-0.3, -0.25) is 4.68 Å². The lowest BCUT2D eigenvalue weighted by Gasteiger charge is -2.28. The molecule has 20 heavy (non-hydrogen) atoms. The SMILES string of the molecule is CN1CCC(n2cc(-c3cnc(N)c(Br)c3)cn2)CC1. The van der Waals surface area contributed by atoms with Gasteiger partial charge in [-0.2, -0.15) is 5.10 Å². The number of pyridine rings is 1. The van der Waals surface area contributed by atoms with E-state index in [1.165, 1.54) is 0 Å². The zero-order chi connectivity index (χ0) is 14.1. The fraction of sp³-hybridized carbons (Fsp3) is 0.429. The van der Waals surface area contributed by atoms with Gasteiger partial charge < -0.3 is 10.6 Å². The molecule has 3 heterocycles. The molecule has 1 saturated heterocycles. The first-order valence-corrected chi connectivity index (χ1v) is 7.57. The lowest BCUT2D eigenvalue weighted by Crippen LogP contribution is -2.31. The number of halogens is 1. The molecular formula is C14H18BrN5. The number of nitrogen functional groups attached to an aromatic ring is 1. The number of likely N-dealkylation sites (tertiary alicyclic amines) is 1. The van der Waals surface area contributed by atoms with Crippen LogP contribution in [0.5, 0.6) is 0 Å². The summed E-state index contributed by atoms with van der Waals surface area (Å²) in [5.41, 5.74) is 7.83. The van der Waals surface area contributed by atoms with Crippen LogP contribution in [-0.4, -0.2) is 39.8 Å². The molecule has 1 aliphatic heterocycles. The molecule has 5 nitrogen and oxygen atoms in total. The van der Waals surface area contributed by atoms with Gasteiger partial charge in [-0.15, -0.1) is 0 Å². The summed E-state index contributed by atoms with van der Waals surface area (Å²) in [5, 5.41) is 4.52. The van der Waals surface area contributed by atoms with E-state index in [2.05, 4.69) is 48.8 Å². The standard InChI is InChI=1S/C14H18BrN5/c1-19-4-2-12(3-5-19)20-9-11(8-18-20)10-6-13(15)14(16)17-7-10/h6-9,12H,2-5H2,1H3,(H2,16,17). The minimum Gasteiger partial charge on any atom is -0.383 e. The van der Waals surface area contributed by atoms with Crippen LogP contribution in [0, 0.1) is 0 Å². The van der Waals surface area contributed by atoms with Crippen LogP contribution in [0.4, 0.5) is 5.82 Å². The fourth-order valence-electron chi connectivity index (χ4n) is 2.55. The van der Waals surface area contributed by atoms with Gasteiger partial charge in [0.25, 0.3) is 0 Å². The largest absolute Gasteiger partial charge is 0.383 e. The monoisotopic (exact) mass is 335 g/mol. The molecule has 0 atom stereocenters. The van der Waals surface area contributed by atoms with Crippen molar-refractivity contribution in [3.8, 4) is 11.1 Å². The zero-order valence-electron chi connectivity index (χ0n) is 11.5. The molecule has 2 N–H and O–H groups in total. The number of hydrogen-bond acceptors (Lipinski definition) is 4. The molecule has 2 aromatic rings. The minimum atomic E-state index is 0.505. The van der Waals surface area contributed by atoms with Gasteiger partial charge in [-0.25, -0.2) is 4.98 Å². The van der Waals surface area contributed by atoms with E-state index in [-0.39, 0.29) is 0 Å². The lowest BCUT2D eigenvalue weighted by atomic mass is 10.1. The second kappa shape index (κ2) is 5.54.